The van der Waals surface area contributed by atoms with Gasteiger partial charge in [-0.05, 0) is 25.0 Å². The summed E-state index contributed by atoms with van der Waals surface area (Å²) in [6, 6.07) is 5.88. The molecule has 0 amide bonds. The van der Waals surface area contributed by atoms with Gasteiger partial charge in [-0.15, -0.1) is 10.2 Å². The van der Waals surface area contributed by atoms with Crippen molar-refractivity contribution in [1.82, 2.24) is 19.7 Å². The number of nitrogens with zero attached hydrogens (tertiary/aromatic N) is 4. The van der Waals surface area contributed by atoms with Gasteiger partial charge in [0.15, 0.2) is 5.82 Å². The molecule has 1 unspecified atom stereocenters. The fourth-order valence-corrected chi connectivity index (χ4v) is 2.78. The maximum Gasteiger partial charge on any atom is 0.182 e. The van der Waals surface area contributed by atoms with E-state index in [9.17, 15) is 0 Å². The lowest BCUT2D eigenvalue weighted by Crippen LogP contribution is -2.25. The van der Waals surface area contributed by atoms with E-state index in [4.69, 9.17) is 0 Å². The molecule has 2 aromatic heterocycles. The van der Waals surface area contributed by atoms with Gasteiger partial charge >= 0.3 is 0 Å². The first kappa shape index (κ1) is 15.7. The Morgan fingerprint density at radius 3 is 2.57 bits per heavy atom. The highest BCUT2D eigenvalue weighted by atomic mass is 15.3. The van der Waals surface area contributed by atoms with Crippen LogP contribution in [0.15, 0.2) is 24.4 Å². The monoisotopic (exact) mass is 286 g/mol. The summed E-state index contributed by atoms with van der Waals surface area (Å²) in [6.07, 6.45) is 7.80. The van der Waals surface area contributed by atoms with Gasteiger partial charge in [0.2, 0.25) is 0 Å². The molecule has 0 fully saturated rings. The lowest BCUT2D eigenvalue weighted by Gasteiger charge is -2.27. The Hall–Kier alpha value is -1.71. The zero-order valence-corrected chi connectivity index (χ0v) is 13.6. The molecule has 4 heteroatoms. The van der Waals surface area contributed by atoms with Crippen LogP contribution >= 0.6 is 0 Å². The number of aromatic nitrogens is 4. The van der Waals surface area contributed by atoms with Crippen LogP contribution in [0.1, 0.15) is 58.7 Å². The van der Waals surface area contributed by atoms with Crippen LogP contribution in [0.4, 0.5) is 0 Å². The highest BCUT2D eigenvalue weighted by molar-refractivity contribution is 5.49. The van der Waals surface area contributed by atoms with Gasteiger partial charge in [0.1, 0.15) is 11.5 Å². The van der Waals surface area contributed by atoms with Crippen molar-refractivity contribution in [3.8, 4) is 11.5 Å². The minimum Gasteiger partial charge on any atom is -0.312 e. The van der Waals surface area contributed by atoms with Crippen molar-refractivity contribution in [3.63, 3.8) is 0 Å². The Bertz CT molecular complexity index is 561. The normalized spacial score (nSPS) is 14.1. The van der Waals surface area contributed by atoms with E-state index in [-0.39, 0.29) is 5.41 Å². The van der Waals surface area contributed by atoms with Crippen molar-refractivity contribution >= 4 is 0 Å². The number of rotatable bonds is 7. The van der Waals surface area contributed by atoms with Gasteiger partial charge in [-0.2, -0.15) is 0 Å². The summed E-state index contributed by atoms with van der Waals surface area (Å²) in [5.41, 5.74) is 0.968. The second kappa shape index (κ2) is 6.83. The number of hydrogen-bond acceptors (Lipinski definition) is 3. The van der Waals surface area contributed by atoms with Crippen LogP contribution < -0.4 is 0 Å². The topological polar surface area (TPSA) is 43.6 Å². The minimum absolute atomic E-state index is 0.0873. The molecule has 0 N–H and O–H groups in total. The van der Waals surface area contributed by atoms with E-state index in [1.807, 2.05) is 25.2 Å². The van der Waals surface area contributed by atoms with Crippen LogP contribution in [-0.4, -0.2) is 19.7 Å². The zero-order chi connectivity index (χ0) is 15.3. The first-order valence-corrected chi connectivity index (χ1v) is 7.93. The number of unbranched alkanes of at least 4 members (excludes halogenated alkanes) is 2. The van der Waals surface area contributed by atoms with Gasteiger partial charge in [-0.25, -0.2) is 0 Å². The summed E-state index contributed by atoms with van der Waals surface area (Å²) in [4.78, 5) is 4.38. The molecular weight excluding hydrogens is 260 g/mol. The van der Waals surface area contributed by atoms with Crippen LogP contribution in [0, 0.1) is 0 Å². The second-order valence-electron chi connectivity index (χ2n) is 5.99. The summed E-state index contributed by atoms with van der Waals surface area (Å²) in [7, 11) is 2.05. The van der Waals surface area contributed by atoms with Crippen LogP contribution in [0.25, 0.3) is 11.5 Å². The smallest absolute Gasteiger partial charge is 0.182 e. The third-order valence-electron chi connectivity index (χ3n) is 4.42. The summed E-state index contributed by atoms with van der Waals surface area (Å²) in [6.45, 7) is 6.78. The molecule has 0 aromatic carbocycles. The molecule has 0 radical (unpaired) electrons. The fourth-order valence-electron chi connectivity index (χ4n) is 2.78. The first-order chi connectivity index (χ1) is 10.1. The lowest BCUT2D eigenvalue weighted by molar-refractivity contribution is 0.366. The lowest BCUT2D eigenvalue weighted by atomic mass is 9.81. The first-order valence-electron chi connectivity index (χ1n) is 7.93. The standard InChI is InChI=1S/C17H26N4/c1-5-7-9-12-17(3,6-2)16-20-19-15(21(16)4)14-11-8-10-13-18-14/h8,10-11,13H,5-7,9,12H2,1-4H3. The van der Waals surface area contributed by atoms with Gasteiger partial charge in [0, 0.05) is 18.7 Å². The van der Waals surface area contributed by atoms with Crippen LogP contribution in [0.2, 0.25) is 0 Å². The van der Waals surface area contributed by atoms with Crippen LogP contribution in [0.5, 0.6) is 0 Å². The number of hydrogen-bond donors (Lipinski definition) is 0. The highest BCUT2D eigenvalue weighted by Crippen LogP contribution is 2.33. The number of pyridine rings is 1. The molecule has 0 aliphatic rings. The molecule has 0 aliphatic heterocycles. The summed E-state index contributed by atoms with van der Waals surface area (Å²) in [5.74, 6) is 1.92. The van der Waals surface area contributed by atoms with E-state index in [0.29, 0.717) is 0 Å². The van der Waals surface area contributed by atoms with Crippen molar-refractivity contribution < 1.29 is 0 Å². The minimum atomic E-state index is 0.0873. The second-order valence-corrected chi connectivity index (χ2v) is 5.99. The summed E-state index contributed by atoms with van der Waals surface area (Å²) >= 11 is 0. The predicted molar refractivity (Wildman–Crippen MR) is 86.0 cm³/mol. The summed E-state index contributed by atoms with van der Waals surface area (Å²) < 4.78 is 2.11. The molecule has 4 nitrogen and oxygen atoms in total. The van der Waals surface area contributed by atoms with E-state index in [1.54, 1.807) is 6.20 Å². The van der Waals surface area contributed by atoms with Gasteiger partial charge in [-0.1, -0.05) is 46.1 Å². The molecule has 2 heterocycles. The third kappa shape index (κ3) is 3.31. The molecule has 114 valence electrons. The van der Waals surface area contributed by atoms with E-state index >= 15 is 0 Å². The van der Waals surface area contributed by atoms with Crippen LogP contribution in [0.3, 0.4) is 0 Å². The van der Waals surface area contributed by atoms with Gasteiger partial charge in [-0.3, -0.25) is 4.98 Å². The Morgan fingerprint density at radius 2 is 1.95 bits per heavy atom. The molecule has 0 bridgehead atoms. The Morgan fingerprint density at radius 1 is 1.14 bits per heavy atom. The van der Waals surface area contributed by atoms with Crippen LogP contribution in [-0.2, 0) is 12.5 Å². The Balaban J connectivity index is 2.29. The Labute approximate surface area is 127 Å². The van der Waals surface area contributed by atoms with Crippen molar-refractivity contribution in [1.29, 1.82) is 0 Å². The molecule has 2 rings (SSSR count). The largest absolute Gasteiger partial charge is 0.312 e. The third-order valence-corrected chi connectivity index (χ3v) is 4.42. The molecule has 0 saturated carbocycles. The molecule has 0 aliphatic carbocycles. The van der Waals surface area contributed by atoms with Crippen molar-refractivity contribution in [2.45, 2.75) is 58.3 Å². The van der Waals surface area contributed by atoms with Gasteiger partial charge < -0.3 is 4.57 Å². The van der Waals surface area contributed by atoms with Gasteiger partial charge in [0.05, 0.1) is 0 Å². The molecule has 0 spiro atoms. The van der Waals surface area contributed by atoms with E-state index in [2.05, 4.69) is 40.5 Å². The molecular formula is C17H26N4. The zero-order valence-electron chi connectivity index (χ0n) is 13.6. The molecule has 0 saturated heterocycles. The van der Waals surface area contributed by atoms with E-state index in [1.165, 1.54) is 19.3 Å². The van der Waals surface area contributed by atoms with Crippen molar-refractivity contribution in [3.05, 3.63) is 30.2 Å². The van der Waals surface area contributed by atoms with E-state index in [0.717, 1.165) is 30.2 Å². The fraction of sp³-hybridized carbons (Fsp3) is 0.588. The average Bonchev–Trinajstić information content (AvgIpc) is 2.90. The van der Waals surface area contributed by atoms with Gasteiger partial charge in [0.25, 0.3) is 0 Å². The average molecular weight is 286 g/mol. The maximum absolute atomic E-state index is 4.49. The predicted octanol–water partition coefficient (Wildman–Crippen LogP) is 4.13. The molecule has 21 heavy (non-hydrogen) atoms. The van der Waals surface area contributed by atoms with Crippen molar-refractivity contribution in [2.75, 3.05) is 0 Å². The van der Waals surface area contributed by atoms with Crippen molar-refractivity contribution in [2.24, 2.45) is 7.05 Å². The molecule has 2 aromatic rings. The maximum atomic E-state index is 4.49. The highest BCUT2D eigenvalue weighted by Gasteiger charge is 2.30. The quantitative estimate of drug-likeness (QED) is 0.719. The Kier molecular flexibility index (Phi) is 5.10. The molecule has 1 atom stereocenters. The SMILES string of the molecule is CCCCCC(C)(CC)c1nnc(-c2ccccn2)n1C. The summed E-state index contributed by atoms with van der Waals surface area (Å²) in [5, 5.41) is 8.87. The van der Waals surface area contributed by atoms with E-state index < -0.39 is 0 Å².